The molecule has 3 aromatic carbocycles. The molecule has 18 heteroatoms. The lowest BCUT2D eigenvalue weighted by Gasteiger charge is -2.29. The number of rotatable bonds is 20. The van der Waals surface area contributed by atoms with Gasteiger partial charge in [-0.15, -0.1) is 0 Å². The number of hydrazine groups is 1. The van der Waals surface area contributed by atoms with E-state index in [1.54, 1.807) is 78.9 Å². The van der Waals surface area contributed by atoms with Crippen LogP contribution in [0.2, 0.25) is 0 Å². The number of esters is 2. The van der Waals surface area contributed by atoms with Crippen molar-refractivity contribution in [3.8, 4) is 0 Å². The number of aliphatic hydroxyl groups is 1. The molecule has 5 N–H and O–H groups in total. The lowest BCUT2D eigenvalue weighted by atomic mass is 10.0. The zero-order valence-corrected chi connectivity index (χ0v) is 40.0. The van der Waals surface area contributed by atoms with Gasteiger partial charge in [-0.3, -0.25) is 39.0 Å². The first-order chi connectivity index (χ1) is 31.3. The third-order valence-electron chi connectivity index (χ3n) is 9.53. The molecule has 6 amide bonds. The molecule has 0 saturated heterocycles. The first kappa shape index (κ1) is 54.5. The van der Waals surface area contributed by atoms with E-state index in [1.165, 1.54) is 11.8 Å². The third-order valence-corrected chi connectivity index (χ3v) is 9.53. The monoisotopic (exact) mass is 930 g/mol. The normalized spacial score (nSPS) is 13.4. The van der Waals surface area contributed by atoms with E-state index in [9.17, 15) is 43.5 Å². The summed E-state index contributed by atoms with van der Waals surface area (Å²) in [5.41, 5.74) is 1.94. The number of benzene rings is 3. The highest BCUT2D eigenvalue weighted by Gasteiger charge is 2.34. The SMILES string of the molecule is CC(C)C[C@H](NC(=O)OCc1ccccc1)C(=O)N[C@@H](CCC(=O)OC(C)(C)C)C(=O)N[C@H](C(=O)NN(CC(=O)OC(C)(C)C)C(=O)/C=C/C(=O)N(C)Cc1cccc2ccccc12)[C@@H](C)O. The molecule has 0 aliphatic carbocycles. The van der Waals surface area contributed by atoms with Crippen molar-refractivity contribution in [3.05, 3.63) is 96.1 Å². The van der Waals surface area contributed by atoms with Crippen LogP contribution >= 0.6 is 0 Å². The van der Waals surface area contributed by atoms with Gasteiger partial charge in [-0.25, -0.2) is 9.80 Å². The molecular formula is C49H66N6O12. The lowest BCUT2D eigenvalue weighted by Crippen LogP contribution is -2.61. The van der Waals surface area contributed by atoms with Gasteiger partial charge in [0, 0.05) is 32.2 Å². The average Bonchev–Trinajstić information content (AvgIpc) is 3.23. The van der Waals surface area contributed by atoms with E-state index in [4.69, 9.17) is 14.2 Å². The summed E-state index contributed by atoms with van der Waals surface area (Å²) in [6, 6.07) is 17.6. The highest BCUT2D eigenvalue weighted by atomic mass is 16.6. The number of likely N-dealkylation sites (N-methyl/N-ethyl adjacent to an activating group) is 1. The van der Waals surface area contributed by atoms with Crippen molar-refractivity contribution in [1.82, 2.24) is 31.3 Å². The number of hydrogen-bond acceptors (Lipinski definition) is 12. The Balaban J connectivity index is 1.84. The van der Waals surface area contributed by atoms with E-state index in [2.05, 4.69) is 21.4 Å². The molecule has 0 radical (unpaired) electrons. The van der Waals surface area contributed by atoms with Crippen molar-refractivity contribution >= 4 is 58.3 Å². The molecule has 0 fully saturated rings. The number of alkyl carbamates (subject to hydrolysis) is 1. The van der Waals surface area contributed by atoms with Gasteiger partial charge in [0.1, 0.15) is 42.5 Å². The summed E-state index contributed by atoms with van der Waals surface area (Å²) >= 11 is 0. The molecule has 0 unspecified atom stereocenters. The molecule has 0 saturated carbocycles. The van der Waals surface area contributed by atoms with Gasteiger partial charge in [0.15, 0.2) is 0 Å². The van der Waals surface area contributed by atoms with Crippen molar-refractivity contribution in [3.63, 3.8) is 0 Å². The Morgan fingerprint density at radius 1 is 0.687 bits per heavy atom. The highest BCUT2D eigenvalue weighted by molar-refractivity contribution is 5.99. The van der Waals surface area contributed by atoms with Crippen LogP contribution in [0.3, 0.4) is 0 Å². The fraction of sp³-hybridized carbons (Fsp3) is 0.469. The van der Waals surface area contributed by atoms with Crippen LogP contribution in [0.25, 0.3) is 10.8 Å². The number of amides is 6. The quantitative estimate of drug-likeness (QED) is 0.0460. The van der Waals surface area contributed by atoms with E-state index in [-0.39, 0.29) is 38.3 Å². The predicted octanol–water partition coefficient (Wildman–Crippen LogP) is 4.37. The molecular weight excluding hydrogens is 865 g/mol. The second-order valence-electron chi connectivity index (χ2n) is 18.5. The maximum atomic E-state index is 14.0. The van der Waals surface area contributed by atoms with Crippen LogP contribution in [-0.2, 0) is 60.9 Å². The summed E-state index contributed by atoms with van der Waals surface area (Å²) < 4.78 is 16.1. The zero-order valence-electron chi connectivity index (χ0n) is 40.0. The molecule has 4 atom stereocenters. The Bertz CT molecular complexity index is 2230. The number of carbonyl (C=O) groups excluding carboxylic acids is 8. The molecule has 0 aromatic heterocycles. The summed E-state index contributed by atoms with van der Waals surface area (Å²) in [5.74, 6) is -6.39. The summed E-state index contributed by atoms with van der Waals surface area (Å²) in [5, 5.41) is 20.8. The highest BCUT2D eigenvalue weighted by Crippen LogP contribution is 2.20. The standard InChI is InChI=1S/C49H66N6O12/c1-31(2)27-38(51-47(64)65-30-33-17-12-11-13-18-33)45(62)50-37(23-26-41(59)66-48(4,5)6)44(61)52-43(32(3)56)46(63)53-55(29-42(60)67-49(7,8)9)40(58)25-24-39(57)54(10)28-35-21-16-20-34-19-14-15-22-36(34)35/h11-22,24-25,31-32,37-38,43,56H,23,26-30H2,1-10H3,(H,50,62)(H,51,64)(H,52,61)(H,53,63)/b25-24+/t32-,37+,38+,43+/m1/s1. The molecule has 67 heavy (non-hydrogen) atoms. The van der Waals surface area contributed by atoms with Gasteiger partial charge in [0.2, 0.25) is 17.7 Å². The van der Waals surface area contributed by atoms with Crippen LogP contribution in [0.1, 0.15) is 92.7 Å². The Morgan fingerprint density at radius 2 is 1.27 bits per heavy atom. The van der Waals surface area contributed by atoms with Crippen LogP contribution in [-0.4, -0.2) is 112 Å². The van der Waals surface area contributed by atoms with Crippen molar-refractivity contribution < 1.29 is 57.7 Å². The number of aliphatic hydroxyl groups excluding tert-OH is 1. The number of nitrogens with zero attached hydrogens (tertiary/aromatic N) is 2. The summed E-state index contributed by atoms with van der Waals surface area (Å²) in [6.45, 7) is 13.8. The van der Waals surface area contributed by atoms with Crippen molar-refractivity contribution in [1.29, 1.82) is 0 Å². The van der Waals surface area contributed by atoms with Gasteiger partial charge in [-0.05, 0) is 89.1 Å². The van der Waals surface area contributed by atoms with Gasteiger partial charge in [-0.1, -0.05) is 86.6 Å². The van der Waals surface area contributed by atoms with Crippen LogP contribution in [0.4, 0.5) is 4.79 Å². The Kier molecular flexibility index (Phi) is 20.5. The summed E-state index contributed by atoms with van der Waals surface area (Å²) in [7, 11) is 1.54. The number of fused-ring (bicyclic) bond motifs is 1. The molecule has 364 valence electrons. The summed E-state index contributed by atoms with van der Waals surface area (Å²) in [4.78, 5) is 109. The predicted molar refractivity (Wildman–Crippen MR) is 249 cm³/mol. The fourth-order valence-corrected chi connectivity index (χ4v) is 6.47. The maximum absolute atomic E-state index is 14.0. The van der Waals surface area contributed by atoms with E-state index >= 15 is 0 Å². The average molecular weight is 931 g/mol. The molecule has 0 aliphatic rings. The minimum absolute atomic E-state index is 0.0778. The molecule has 0 aliphatic heterocycles. The fourth-order valence-electron chi connectivity index (χ4n) is 6.47. The van der Waals surface area contributed by atoms with Crippen LogP contribution in [0, 0.1) is 5.92 Å². The van der Waals surface area contributed by atoms with Crippen LogP contribution < -0.4 is 21.4 Å². The lowest BCUT2D eigenvalue weighted by molar-refractivity contribution is -0.161. The minimum atomic E-state index is -1.82. The van der Waals surface area contributed by atoms with Crippen LogP contribution in [0.15, 0.2) is 84.9 Å². The van der Waals surface area contributed by atoms with E-state index in [1.807, 2.05) is 56.3 Å². The minimum Gasteiger partial charge on any atom is -0.460 e. The third kappa shape index (κ3) is 19.7. The first-order valence-electron chi connectivity index (χ1n) is 22.0. The van der Waals surface area contributed by atoms with E-state index < -0.39 is 89.5 Å². The van der Waals surface area contributed by atoms with E-state index in [0.29, 0.717) is 10.6 Å². The maximum Gasteiger partial charge on any atom is 0.408 e. The molecule has 3 aromatic rings. The second kappa shape index (κ2) is 25.2. The van der Waals surface area contributed by atoms with Gasteiger partial charge < -0.3 is 40.2 Å². The number of hydrogen-bond donors (Lipinski definition) is 5. The number of carbonyl (C=O) groups is 8. The first-order valence-corrected chi connectivity index (χ1v) is 22.0. The largest absolute Gasteiger partial charge is 0.460 e. The molecule has 0 heterocycles. The van der Waals surface area contributed by atoms with Crippen LogP contribution in [0.5, 0.6) is 0 Å². The van der Waals surface area contributed by atoms with Crippen molar-refractivity contribution in [2.24, 2.45) is 5.92 Å². The van der Waals surface area contributed by atoms with Gasteiger partial charge in [-0.2, -0.15) is 0 Å². The Morgan fingerprint density at radius 3 is 1.90 bits per heavy atom. The summed E-state index contributed by atoms with van der Waals surface area (Å²) in [6.07, 6.45) is -1.31. The zero-order chi connectivity index (χ0) is 50.1. The van der Waals surface area contributed by atoms with Crippen molar-refractivity contribution in [2.45, 2.75) is 130 Å². The molecule has 0 spiro atoms. The number of nitrogens with one attached hydrogen (secondary N) is 4. The smallest absolute Gasteiger partial charge is 0.408 e. The van der Waals surface area contributed by atoms with Gasteiger partial charge in [0.25, 0.3) is 11.8 Å². The number of ether oxygens (including phenoxy) is 3. The second-order valence-corrected chi connectivity index (χ2v) is 18.5. The van der Waals surface area contributed by atoms with Crippen molar-refractivity contribution in [2.75, 3.05) is 13.6 Å². The Hall–Kier alpha value is -6.82. The Labute approximate surface area is 392 Å². The topological polar surface area (TPSA) is 239 Å². The molecule has 3 rings (SSSR count). The van der Waals surface area contributed by atoms with Gasteiger partial charge >= 0.3 is 18.0 Å². The van der Waals surface area contributed by atoms with Gasteiger partial charge in [0.05, 0.1) is 6.10 Å². The molecule has 18 nitrogen and oxygen atoms in total. The van der Waals surface area contributed by atoms with E-state index in [0.717, 1.165) is 28.5 Å². The molecule has 0 bridgehead atoms.